The van der Waals surface area contributed by atoms with Crippen molar-refractivity contribution in [3.8, 4) is 5.75 Å². The predicted molar refractivity (Wildman–Crippen MR) is 195 cm³/mol. The highest BCUT2D eigenvalue weighted by molar-refractivity contribution is 5.96. The van der Waals surface area contributed by atoms with Gasteiger partial charge in [0.2, 0.25) is 29.5 Å². The van der Waals surface area contributed by atoms with Crippen molar-refractivity contribution in [3.05, 3.63) is 48.0 Å². The van der Waals surface area contributed by atoms with Gasteiger partial charge in [-0.05, 0) is 49.4 Å². The average molecular weight is 744 g/mol. The maximum Gasteiger partial charge on any atom is 0.326 e. The summed E-state index contributed by atoms with van der Waals surface area (Å²) in [6.07, 6.45) is 3.14. The zero-order chi connectivity index (χ0) is 39.7. The molecule has 0 saturated carbocycles. The average Bonchev–Trinajstić information content (AvgIpc) is 3.60. The van der Waals surface area contributed by atoms with E-state index < -0.39 is 77.6 Å². The molecular weight excluding hydrogens is 690 g/mol. The summed E-state index contributed by atoms with van der Waals surface area (Å²) < 4.78 is 0. The van der Waals surface area contributed by atoms with Crippen LogP contribution in [0.1, 0.15) is 51.8 Å². The van der Waals surface area contributed by atoms with E-state index in [2.05, 4.69) is 46.9 Å². The van der Waals surface area contributed by atoms with E-state index in [1.165, 1.54) is 24.7 Å². The number of aromatic amines is 1. The van der Waals surface area contributed by atoms with Gasteiger partial charge in [-0.25, -0.2) is 9.78 Å². The molecule has 1 heterocycles. The van der Waals surface area contributed by atoms with Gasteiger partial charge < -0.3 is 58.6 Å². The molecule has 0 spiro atoms. The summed E-state index contributed by atoms with van der Waals surface area (Å²) >= 11 is 0. The molecule has 0 aliphatic rings. The fraction of sp³-hybridized carbons (Fsp3) is 0.529. The minimum Gasteiger partial charge on any atom is -0.508 e. The summed E-state index contributed by atoms with van der Waals surface area (Å²) in [4.78, 5) is 89.6. The summed E-state index contributed by atoms with van der Waals surface area (Å²) in [7, 11) is 1.57. The van der Waals surface area contributed by atoms with Crippen molar-refractivity contribution in [2.75, 3.05) is 20.1 Å². The lowest BCUT2D eigenvalue weighted by Crippen LogP contribution is -2.61. The molecule has 19 heteroatoms. The largest absolute Gasteiger partial charge is 0.508 e. The number of carbonyl (C=O) groups excluding carboxylic acids is 5. The molecular formula is C34H53N11O8. The molecule has 5 amide bonds. The zero-order valence-electron chi connectivity index (χ0n) is 30.6. The van der Waals surface area contributed by atoms with E-state index in [1.54, 1.807) is 46.9 Å². The highest BCUT2D eigenvalue weighted by Crippen LogP contribution is 2.14. The Hall–Kier alpha value is -5.72. The Kier molecular flexibility index (Phi) is 17.7. The number of nitrogens with one attached hydrogen (secondary N) is 7. The number of H-pyrrole nitrogens is 1. The number of nitrogens with two attached hydrogens (primary N) is 2. The molecule has 0 bridgehead atoms. The van der Waals surface area contributed by atoms with Crippen molar-refractivity contribution in [2.45, 2.75) is 83.6 Å². The van der Waals surface area contributed by atoms with E-state index >= 15 is 0 Å². The molecule has 292 valence electrons. The SMILES string of the molecule is CNCC(=O)N[C@@H](CCCN=C(N)N)C(=O)N[C@H](C(=O)N[C@@H](Cc1ccc(O)cc1)C(=O)N[C@H](C(=O)N[C@@H](Cc1cnc[nH]1)C(=O)O)C(C)C)C(C)C. The van der Waals surface area contributed by atoms with Crippen LogP contribution in [-0.2, 0) is 41.6 Å². The Morgan fingerprint density at radius 2 is 1.36 bits per heavy atom. The Morgan fingerprint density at radius 1 is 0.792 bits per heavy atom. The fourth-order valence-corrected chi connectivity index (χ4v) is 5.17. The van der Waals surface area contributed by atoms with Gasteiger partial charge in [0.25, 0.3) is 0 Å². The third-order valence-corrected chi connectivity index (χ3v) is 8.03. The monoisotopic (exact) mass is 743 g/mol. The molecule has 0 unspecified atom stereocenters. The molecule has 2 aromatic rings. The second-order valence-electron chi connectivity index (χ2n) is 13.2. The Morgan fingerprint density at radius 3 is 1.85 bits per heavy atom. The molecule has 53 heavy (non-hydrogen) atoms. The standard InChI is InChI=1S/C34H53N11O8/c1-18(2)27(44-29(48)23(41-26(47)16-37-5)7-6-12-39-34(35)36)31(50)42-24(13-20-8-10-22(46)11-9-20)30(49)45-28(19(3)4)32(51)43-25(33(52)53)14-21-15-38-17-40-21/h8-11,15,17-19,23-25,27-28,37,46H,6-7,12-14,16H2,1-5H3,(H,38,40)(H,41,47)(H,42,50)(H,43,51)(H,44,48)(H,45,49)(H,52,53)(H4,35,36,39)/t23-,24-,25-,27-,28-/m0/s1. The summed E-state index contributed by atoms with van der Waals surface area (Å²) in [5, 5.41) is 35.4. The van der Waals surface area contributed by atoms with Gasteiger partial charge in [-0.1, -0.05) is 39.8 Å². The molecule has 0 aliphatic carbocycles. The molecule has 13 N–H and O–H groups in total. The van der Waals surface area contributed by atoms with Crippen LogP contribution >= 0.6 is 0 Å². The van der Waals surface area contributed by atoms with Gasteiger partial charge in [-0.2, -0.15) is 0 Å². The number of guanidine groups is 1. The number of rotatable bonds is 22. The van der Waals surface area contributed by atoms with Gasteiger partial charge in [-0.3, -0.25) is 29.0 Å². The third kappa shape index (κ3) is 15.2. The molecule has 0 saturated heterocycles. The molecule has 0 fully saturated rings. The number of amides is 5. The predicted octanol–water partition coefficient (Wildman–Crippen LogP) is -2.01. The fourth-order valence-electron chi connectivity index (χ4n) is 5.17. The molecule has 5 atom stereocenters. The Labute approximate surface area is 307 Å². The number of aliphatic imine (C=N–C) groups is 1. The molecule has 0 aliphatic heterocycles. The third-order valence-electron chi connectivity index (χ3n) is 8.03. The smallest absolute Gasteiger partial charge is 0.326 e. The number of hydrogen-bond acceptors (Lipinski definition) is 10. The van der Waals surface area contributed by atoms with Crippen molar-refractivity contribution in [2.24, 2.45) is 28.3 Å². The highest BCUT2D eigenvalue weighted by atomic mass is 16.4. The number of carboxylic acid groups (broad SMARTS) is 1. The van der Waals surface area contributed by atoms with Crippen LogP contribution in [0.3, 0.4) is 0 Å². The second kappa shape index (κ2) is 21.6. The summed E-state index contributed by atoms with van der Waals surface area (Å²) in [5.74, 6) is -5.75. The number of carboxylic acids is 1. The van der Waals surface area contributed by atoms with Crippen molar-refractivity contribution in [1.29, 1.82) is 0 Å². The number of benzene rings is 1. The summed E-state index contributed by atoms with van der Waals surface area (Å²) in [6, 6.07) is -0.0811. The maximum atomic E-state index is 13.9. The highest BCUT2D eigenvalue weighted by Gasteiger charge is 2.34. The minimum atomic E-state index is -1.33. The molecule has 1 aromatic heterocycles. The van der Waals surface area contributed by atoms with Crippen LogP contribution in [-0.4, -0.2) is 112 Å². The van der Waals surface area contributed by atoms with Crippen LogP contribution in [0.25, 0.3) is 0 Å². The Bertz CT molecular complexity index is 1540. The van der Waals surface area contributed by atoms with E-state index in [1.807, 2.05) is 0 Å². The van der Waals surface area contributed by atoms with Crippen molar-refractivity contribution in [1.82, 2.24) is 41.9 Å². The number of aromatic hydroxyl groups is 1. The van der Waals surface area contributed by atoms with Crippen LogP contribution < -0.4 is 43.4 Å². The summed E-state index contributed by atoms with van der Waals surface area (Å²) in [6.45, 7) is 6.85. The molecule has 1 aromatic carbocycles. The zero-order valence-corrected chi connectivity index (χ0v) is 30.6. The van der Waals surface area contributed by atoms with Gasteiger partial charge in [0.1, 0.15) is 36.0 Å². The number of aliphatic carboxylic acids is 1. The first-order chi connectivity index (χ1) is 25.0. The van der Waals surface area contributed by atoms with Crippen LogP contribution in [0.4, 0.5) is 0 Å². The maximum absolute atomic E-state index is 13.9. The lowest BCUT2D eigenvalue weighted by molar-refractivity contribution is -0.142. The van der Waals surface area contributed by atoms with Gasteiger partial charge >= 0.3 is 5.97 Å². The molecule has 2 rings (SSSR count). The quantitative estimate of drug-likeness (QED) is 0.0354. The van der Waals surface area contributed by atoms with Crippen LogP contribution in [0.2, 0.25) is 0 Å². The number of hydrogen-bond donors (Lipinski definition) is 11. The van der Waals surface area contributed by atoms with Crippen LogP contribution in [0, 0.1) is 11.8 Å². The molecule has 19 nitrogen and oxygen atoms in total. The van der Waals surface area contributed by atoms with Gasteiger partial charge in [-0.15, -0.1) is 0 Å². The number of aromatic nitrogens is 2. The second-order valence-corrected chi connectivity index (χ2v) is 13.2. The lowest BCUT2D eigenvalue weighted by atomic mass is 9.98. The topological polar surface area (TPSA) is 308 Å². The number of carbonyl (C=O) groups is 6. The first kappa shape index (κ1) is 43.4. The van der Waals surface area contributed by atoms with Crippen molar-refractivity contribution >= 4 is 41.5 Å². The van der Waals surface area contributed by atoms with Crippen LogP contribution in [0.5, 0.6) is 5.75 Å². The minimum absolute atomic E-state index is 0.0179. The number of imidazole rings is 1. The number of phenols is 1. The normalized spacial score (nSPS) is 13.9. The van der Waals surface area contributed by atoms with Crippen molar-refractivity contribution in [3.63, 3.8) is 0 Å². The van der Waals surface area contributed by atoms with Gasteiger partial charge in [0.15, 0.2) is 5.96 Å². The van der Waals surface area contributed by atoms with Crippen molar-refractivity contribution < 1.29 is 39.0 Å². The Balaban J connectivity index is 2.32. The lowest BCUT2D eigenvalue weighted by Gasteiger charge is -2.29. The van der Waals surface area contributed by atoms with E-state index in [0.29, 0.717) is 17.7 Å². The number of phenolic OH excluding ortho intramolecular Hbond substituents is 1. The van der Waals surface area contributed by atoms with Gasteiger partial charge in [0.05, 0.1) is 12.9 Å². The van der Waals surface area contributed by atoms with E-state index in [4.69, 9.17) is 11.5 Å². The molecule has 0 radical (unpaired) electrons. The van der Waals surface area contributed by atoms with Gasteiger partial charge in [0, 0.05) is 31.3 Å². The van der Waals surface area contributed by atoms with E-state index in [-0.39, 0.29) is 44.1 Å². The van der Waals surface area contributed by atoms with E-state index in [9.17, 15) is 39.0 Å². The van der Waals surface area contributed by atoms with E-state index in [0.717, 1.165) is 0 Å². The number of likely N-dealkylation sites (N-methyl/N-ethyl adjacent to an activating group) is 1. The first-order valence-electron chi connectivity index (χ1n) is 17.2. The first-order valence-corrected chi connectivity index (χ1v) is 17.2. The summed E-state index contributed by atoms with van der Waals surface area (Å²) in [5.41, 5.74) is 11.8. The number of nitrogens with zero attached hydrogens (tertiary/aromatic N) is 2. The van der Waals surface area contributed by atoms with Crippen LogP contribution in [0.15, 0.2) is 41.8 Å².